The summed E-state index contributed by atoms with van der Waals surface area (Å²) < 4.78 is 43.3. The molecule has 0 aromatic carbocycles. The Hall–Kier alpha value is -3.15. The van der Waals surface area contributed by atoms with Crippen LogP contribution in [0.3, 0.4) is 0 Å². The Labute approximate surface area is 208 Å². The number of nitrogens with one attached hydrogen (secondary N) is 3. The van der Waals surface area contributed by atoms with Crippen molar-refractivity contribution in [2.45, 2.75) is 56.4 Å². The minimum Gasteiger partial charge on any atom is -0.481 e. The Bertz CT molecular complexity index is 1020. The first-order chi connectivity index (χ1) is 17.2. The predicted octanol–water partition coefficient (Wildman–Crippen LogP) is 3.15. The van der Waals surface area contributed by atoms with Crippen LogP contribution in [-0.4, -0.2) is 77.7 Å². The normalized spacial score (nSPS) is 19.2. The molecule has 1 aliphatic carbocycles. The van der Waals surface area contributed by atoms with Gasteiger partial charge in [-0.25, -0.2) is 18.2 Å². The Morgan fingerprint density at radius 3 is 2.50 bits per heavy atom. The van der Waals surface area contributed by atoms with Gasteiger partial charge in [0.15, 0.2) is 5.82 Å². The highest BCUT2D eigenvalue weighted by Gasteiger charge is 2.51. The molecule has 1 saturated carbocycles. The summed E-state index contributed by atoms with van der Waals surface area (Å²) in [5, 5.41) is 11.7. The van der Waals surface area contributed by atoms with Gasteiger partial charge in [-0.1, -0.05) is 0 Å². The van der Waals surface area contributed by atoms with Gasteiger partial charge < -0.3 is 20.3 Å². The predicted molar refractivity (Wildman–Crippen MR) is 127 cm³/mol. The quantitative estimate of drug-likeness (QED) is 0.545. The maximum Gasteiger partial charge on any atom is 0.272 e. The van der Waals surface area contributed by atoms with Crippen LogP contribution in [0.25, 0.3) is 11.3 Å². The number of nitrogens with zero attached hydrogens (tertiary/aromatic N) is 3. The standard InChI is InChI=1S/C17H19FN4O2.C5H9F2N.C2H5NO/c1-24-15-8-11(12(18)10-19-15)13-9-14(21-20-13)16(23)22-7-3-2-4-17(22)5-6-17;6-5(7)2-1-3-8-4-5;1-3-2-4/h8-10H,2-7H2,1H3,(H,20,21);8H,1-4H2;2H,1H3,(H,3,4). The molecule has 0 atom stereocenters. The summed E-state index contributed by atoms with van der Waals surface area (Å²) in [4.78, 5) is 27.7. The van der Waals surface area contributed by atoms with Gasteiger partial charge in [-0.15, -0.1) is 0 Å². The van der Waals surface area contributed by atoms with Crippen LogP contribution in [0, 0.1) is 5.82 Å². The molecule has 2 aromatic heterocycles. The first-order valence-electron chi connectivity index (χ1n) is 12.0. The van der Waals surface area contributed by atoms with Crippen molar-refractivity contribution >= 4 is 12.3 Å². The number of halogens is 3. The molecule has 1 spiro atoms. The summed E-state index contributed by atoms with van der Waals surface area (Å²) in [6, 6.07) is 3.08. The van der Waals surface area contributed by atoms with Crippen LogP contribution >= 0.6 is 0 Å². The summed E-state index contributed by atoms with van der Waals surface area (Å²) in [5.74, 6) is -2.68. The van der Waals surface area contributed by atoms with Gasteiger partial charge >= 0.3 is 0 Å². The van der Waals surface area contributed by atoms with Crippen molar-refractivity contribution in [3.63, 3.8) is 0 Å². The van der Waals surface area contributed by atoms with Crippen molar-refractivity contribution < 1.29 is 27.5 Å². The highest BCUT2D eigenvalue weighted by Crippen LogP contribution is 2.48. The zero-order valence-corrected chi connectivity index (χ0v) is 20.6. The Balaban J connectivity index is 0.000000250. The van der Waals surface area contributed by atoms with Crippen molar-refractivity contribution in [3.8, 4) is 17.1 Å². The van der Waals surface area contributed by atoms with E-state index in [2.05, 4.69) is 25.8 Å². The van der Waals surface area contributed by atoms with Crippen molar-refractivity contribution in [3.05, 3.63) is 29.8 Å². The van der Waals surface area contributed by atoms with E-state index in [9.17, 15) is 18.0 Å². The fraction of sp³-hybridized carbons (Fsp3) is 0.583. The van der Waals surface area contributed by atoms with Gasteiger partial charge in [0, 0.05) is 37.2 Å². The van der Waals surface area contributed by atoms with E-state index in [4.69, 9.17) is 9.53 Å². The summed E-state index contributed by atoms with van der Waals surface area (Å²) in [6.45, 7) is 1.40. The first-order valence-corrected chi connectivity index (χ1v) is 12.0. The van der Waals surface area contributed by atoms with Crippen LogP contribution in [0.1, 0.15) is 55.4 Å². The van der Waals surface area contributed by atoms with E-state index in [1.807, 2.05) is 4.90 Å². The fourth-order valence-corrected chi connectivity index (χ4v) is 4.35. The van der Waals surface area contributed by atoms with Gasteiger partial charge in [0.05, 0.1) is 25.5 Å². The highest BCUT2D eigenvalue weighted by atomic mass is 19.3. The molecule has 5 rings (SSSR count). The summed E-state index contributed by atoms with van der Waals surface area (Å²) in [5.41, 5.74) is 1.09. The number of piperidine rings is 2. The number of likely N-dealkylation sites (tertiary alicyclic amines) is 1. The number of alkyl halides is 2. The molecule has 4 heterocycles. The van der Waals surface area contributed by atoms with Crippen LogP contribution in [0.15, 0.2) is 18.3 Å². The zero-order chi connectivity index (χ0) is 26.2. The van der Waals surface area contributed by atoms with E-state index < -0.39 is 11.7 Å². The number of aromatic amines is 1. The lowest BCUT2D eigenvalue weighted by atomic mass is 9.99. The van der Waals surface area contributed by atoms with Gasteiger partial charge in [-0.05, 0) is 51.1 Å². The topological polar surface area (TPSA) is 112 Å². The van der Waals surface area contributed by atoms with E-state index in [0.717, 1.165) is 45.0 Å². The monoisotopic (exact) mass is 510 g/mol. The SMILES string of the molecule is CNC=O.COc1cc(-c2cc(C(=O)N3CCCCC34CC4)[nH]n2)c(F)cn1.FC1(F)CCCNC1. The van der Waals surface area contributed by atoms with Gasteiger partial charge in [0.2, 0.25) is 12.3 Å². The number of aromatic nitrogens is 3. The molecular formula is C24H33F3N6O3. The molecule has 12 heteroatoms. The van der Waals surface area contributed by atoms with E-state index in [-0.39, 0.29) is 30.0 Å². The van der Waals surface area contributed by atoms with E-state index in [1.54, 1.807) is 13.1 Å². The molecule has 0 radical (unpaired) electrons. The summed E-state index contributed by atoms with van der Waals surface area (Å²) >= 11 is 0. The first kappa shape index (κ1) is 27.4. The summed E-state index contributed by atoms with van der Waals surface area (Å²) in [6.07, 6.45) is 7.83. The van der Waals surface area contributed by atoms with Crippen LogP contribution in [0.4, 0.5) is 13.2 Å². The third-order valence-corrected chi connectivity index (χ3v) is 6.44. The molecule has 2 saturated heterocycles. The Kier molecular flexibility index (Phi) is 9.30. The molecule has 2 aromatic rings. The highest BCUT2D eigenvalue weighted by molar-refractivity contribution is 5.94. The maximum atomic E-state index is 14.0. The lowest BCUT2D eigenvalue weighted by Gasteiger charge is -2.35. The van der Waals surface area contributed by atoms with Crippen LogP contribution in [0.2, 0.25) is 0 Å². The molecule has 3 aliphatic rings. The number of hydrogen-bond donors (Lipinski definition) is 3. The van der Waals surface area contributed by atoms with Crippen LogP contribution < -0.4 is 15.4 Å². The van der Waals surface area contributed by atoms with Gasteiger partial charge in [0.25, 0.3) is 11.8 Å². The zero-order valence-electron chi connectivity index (χ0n) is 20.6. The van der Waals surface area contributed by atoms with Gasteiger partial charge in [-0.3, -0.25) is 14.7 Å². The number of hydrogen-bond acceptors (Lipinski definition) is 6. The van der Waals surface area contributed by atoms with Crippen molar-refractivity contribution in [1.82, 2.24) is 30.7 Å². The second kappa shape index (κ2) is 12.2. The largest absolute Gasteiger partial charge is 0.481 e. The number of methoxy groups -OCH3 is 1. The number of H-pyrrole nitrogens is 1. The number of carbonyl (C=O) groups excluding carboxylic acids is 2. The minimum absolute atomic E-state index is 0.0487. The van der Waals surface area contributed by atoms with Crippen LogP contribution in [-0.2, 0) is 4.79 Å². The maximum absolute atomic E-state index is 14.0. The van der Waals surface area contributed by atoms with E-state index in [1.165, 1.54) is 19.6 Å². The van der Waals surface area contributed by atoms with Crippen LogP contribution in [0.5, 0.6) is 5.88 Å². The number of amides is 2. The number of carbonyl (C=O) groups is 2. The molecule has 198 valence electrons. The molecule has 0 bridgehead atoms. The molecule has 9 nitrogen and oxygen atoms in total. The second-order valence-electron chi connectivity index (χ2n) is 9.05. The van der Waals surface area contributed by atoms with Gasteiger partial charge in [-0.2, -0.15) is 5.10 Å². The van der Waals surface area contributed by atoms with Crippen molar-refractivity contribution in [1.29, 1.82) is 0 Å². The molecular weight excluding hydrogens is 477 g/mol. The average Bonchev–Trinajstić information content (AvgIpc) is 3.46. The third kappa shape index (κ3) is 6.96. The lowest BCUT2D eigenvalue weighted by Crippen LogP contribution is -2.45. The molecule has 2 aliphatic heterocycles. The summed E-state index contributed by atoms with van der Waals surface area (Å²) in [7, 11) is 3.03. The number of rotatable bonds is 4. The Morgan fingerprint density at radius 2 is 1.94 bits per heavy atom. The smallest absolute Gasteiger partial charge is 0.272 e. The third-order valence-electron chi connectivity index (χ3n) is 6.44. The Morgan fingerprint density at radius 1 is 1.19 bits per heavy atom. The molecule has 3 N–H and O–H groups in total. The van der Waals surface area contributed by atoms with Crippen molar-refractivity contribution in [2.75, 3.05) is 33.8 Å². The van der Waals surface area contributed by atoms with Crippen molar-refractivity contribution in [2.24, 2.45) is 0 Å². The second-order valence-corrected chi connectivity index (χ2v) is 9.05. The fourth-order valence-electron chi connectivity index (χ4n) is 4.35. The number of ether oxygens (including phenoxy) is 1. The number of pyridine rings is 1. The lowest BCUT2D eigenvalue weighted by molar-refractivity contribution is -0.109. The van der Waals surface area contributed by atoms with Gasteiger partial charge in [0.1, 0.15) is 5.69 Å². The van der Waals surface area contributed by atoms with E-state index in [0.29, 0.717) is 30.1 Å². The molecule has 3 fully saturated rings. The molecule has 36 heavy (non-hydrogen) atoms. The average molecular weight is 511 g/mol. The molecule has 2 amide bonds. The molecule has 0 unspecified atom stereocenters. The van der Waals surface area contributed by atoms with E-state index >= 15 is 0 Å². The minimum atomic E-state index is -2.43.